The average molecular weight is 447 g/mol. The molecule has 0 aliphatic heterocycles. The second-order valence-electron chi connectivity index (χ2n) is 7.37. The predicted octanol–water partition coefficient (Wildman–Crippen LogP) is 4.46. The van der Waals surface area contributed by atoms with Crippen molar-refractivity contribution >= 4 is 33.5 Å². The van der Waals surface area contributed by atoms with Gasteiger partial charge in [-0.05, 0) is 37.6 Å². The van der Waals surface area contributed by atoms with E-state index in [0.717, 1.165) is 27.9 Å². The van der Waals surface area contributed by atoms with Crippen LogP contribution in [0.4, 0.5) is 0 Å². The Labute approximate surface area is 187 Å². The summed E-state index contributed by atoms with van der Waals surface area (Å²) < 4.78 is 5.48. The molecule has 32 heavy (non-hydrogen) atoms. The fourth-order valence-corrected chi connectivity index (χ4v) is 4.02. The van der Waals surface area contributed by atoms with Gasteiger partial charge < -0.3 is 14.7 Å². The molecule has 0 amide bonds. The van der Waals surface area contributed by atoms with Crippen LogP contribution in [0.25, 0.3) is 44.6 Å². The van der Waals surface area contributed by atoms with E-state index in [-0.39, 0.29) is 5.56 Å². The summed E-state index contributed by atoms with van der Waals surface area (Å²) in [5, 5.41) is 1.13. The number of nitrogens with one attached hydrogen (secondary N) is 2. The number of hydrogen-bond acceptors (Lipinski definition) is 6. The number of halogens is 1. The van der Waals surface area contributed by atoms with Crippen molar-refractivity contribution in [1.82, 2.24) is 29.9 Å². The Morgan fingerprint density at radius 3 is 2.66 bits per heavy atom. The van der Waals surface area contributed by atoms with Crippen LogP contribution in [-0.2, 0) is 6.42 Å². The van der Waals surface area contributed by atoms with Crippen LogP contribution in [0.2, 0.25) is 5.15 Å². The maximum Gasteiger partial charge on any atom is 0.259 e. The zero-order chi connectivity index (χ0) is 22.4. The van der Waals surface area contributed by atoms with Crippen molar-refractivity contribution in [1.29, 1.82) is 0 Å². The maximum absolute atomic E-state index is 12.9. The first-order chi connectivity index (χ1) is 15.5. The minimum Gasteiger partial charge on any atom is -0.480 e. The summed E-state index contributed by atoms with van der Waals surface area (Å²) in [6, 6.07) is 9.06. The van der Waals surface area contributed by atoms with E-state index in [9.17, 15) is 4.79 Å². The molecule has 0 atom stereocenters. The average Bonchev–Trinajstić information content (AvgIpc) is 3.21. The number of rotatable bonds is 4. The monoisotopic (exact) mass is 446 g/mol. The summed E-state index contributed by atoms with van der Waals surface area (Å²) in [4.78, 5) is 37.1. The molecule has 9 heteroatoms. The van der Waals surface area contributed by atoms with Crippen LogP contribution < -0.4 is 10.3 Å². The summed E-state index contributed by atoms with van der Waals surface area (Å²) in [5.74, 6) is 0.903. The van der Waals surface area contributed by atoms with E-state index >= 15 is 0 Å². The van der Waals surface area contributed by atoms with Gasteiger partial charge in [0.1, 0.15) is 16.5 Å². The number of H-pyrrole nitrogens is 2. The van der Waals surface area contributed by atoms with Crippen LogP contribution in [0.5, 0.6) is 5.88 Å². The minimum atomic E-state index is -0.264. The largest absolute Gasteiger partial charge is 0.480 e. The third kappa shape index (κ3) is 3.29. The fourth-order valence-electron chi connectivity index (χ4n) is 3.81. The first-order valence-electron chi connectivity index (χ1n) is 10.1. The number of aromatic nitrogens is 6. The third-order valence-electron chi connectivity index (χ3n) is 5.32. The first kappa shape index (κ1) is 20.1. The van der Waals surface area contributed by atoms with Crippen molar-refractivity contribution in [2.45, 2.75) is 20.3 Å². The van der Waals surface area contributed by atoms with Crippen LogP contribution in [-0.4, -0.2) is 37.0 Å². The number of aromatic amines is 2. The van der Waals surface area contributed by atoms with Crippen molar-refractivity contribution in [3.8, 4) is 28.5 Å². The topological polar surface area (TPSA) is 109 Å². The molecule has 0 saturated heterocycles. The van der Waals surface area contributed by atoms with Gasteiger partial charge in [0.15, 0.2) is 0 Å². The van der Waals surface area contributed by atoms with Gasteiger partial charge in [0.25, 0.3) is 5.56 Å². The van der Waals surface area contributed by atoms with E-state index in [2.05, 4.69) is 29.9 Å². The van der Waals surface area contributed by atoms with E-state index < -0.39 is 0 Å². The van der Waals surface area contributed by atoms with Crippen molar-refractivity contribution in [2.75, 3.05) is 7.11 Å². The van der Waals surface area contributed by atoms with E-state index in [1.54, 1.807) is 31.5 Å². The highest BCUT2D eigenvalue weighted by atomic mass is 35.5. The lowest BCUT2D eigenvalue weighted by Crippen LogP contribution is -2.10. The molecular weight excluding hydrogens is 428 g/mol. The second-order valence-corrected chi connectivity index (χ2v) is 7.76. The zero-order valence-electron chi connectivity index (χ0n) is 17.7. The first-order valence-corrected chi connectivity index (χ1v) is 10.5. The van der Waals surface area contributed by atoms with E-state index in [1.807, 2.05) is 26.0 Å². The molecule has 0 aromatic carbocycles. The molecule has 0 aliphatic carbocycles. The molecule has 0 fully saturated rings. The fraction of sp³-hybridized carbons (Fsp3) is 0.174. The number of pyridine rings is 4. The normalized spacial score (nSPS) is 11.4. The highest BCUT2D eigenvalue weighted by molar-refractivity contribution is 6.30. The lowest BCUT2D eigenvalue weighted by molar-refractivity contribution is 0.398. The minimum absolute atomic E-state index is 0.264. The van der Waals surface area contributed by atoms with Gasteiger partial charge in [-0.15, -0.1) is 0 Å². The van der Waals surface area contributed by atoms with E-state index in [1.165, 1.54) is 0 Å². The van der Waals surface area contributed by atoms with Gasteiger partial charge >= 0.3 is 0 Å². The maximum atomic E-state index is 12.9. The molecule has 8 nitrogen and oxygen atoms in total. The number of fused-ring (bicyclic) bond motifs is 2. The smallest absolute Gasteiger partial charge is 0.259 e. The standard InChI is InChI=1S/C23H19ClN6O2/c1-4-15-20-17(10-18(24)27-15)28-21(30-20)14-9-13-16(29-22(14)31)7-8-25-19(13)12-6-5-11(2)26-23(12)32-3/h5-10H,4H2,1-3H3,(H,28,30)(H,29,31). The molecular formula is C23H19ClN6O2. The van der Waals surface area contributed by atoms with Gasteiger partial charge in [-0.1, -0.05) is 18.5 Å². The predicted molar refractivity (Wildman–Crippen MR) is 124 cm³/mol. The zero-order valence-corrected chi connectivity index (χ0v) is 18.4. The number of methoxy groups -OCH3 is 1. The Kier molecular flexibility index (Phi) is 4.86. The van der Waals surface area contributed by atoms with E-state index in [0.29, 0.717) is 45.6 Å². The number of imidazole rings is 1. The molecule has 0 spiro atoms. The van der Waals surface area contributed by atoms with Crippen molar-refractivity contribution in [3.63, 3.8) is 0 Å². The SMILES string of the molecule is CCc1nc(Cl)cc2[nH]c(-c3cc4c(-c5ccc(C)nc5OC)nccc4[nH]c3=O)nc12. The lowest BCUT2D eigenvalue weighted by atomic mass is 10.1. The molecule has 5 aromatic rings. The summed E-state index contributed by atoms with van der Waals surface area (Å²) in [5.41, 5.74) is 5.19. The van der Waals surface area contributed by atoms with Gasteiger partial charge in [0.2, 0.25) is 5.88 Å². The van der Waals surface area contributed by atoms with Crippen molar-refractivity contribution in [3.05, 3.63) is 63.4 Å². The molecule has 2 N–H and O–H groups in total. The van der Waals surface area contributed by atoms with Crippen LogP contribution in [0.15, 0.2) is 41.3 Å². The number of aryl methyl sites for hydroxylation is 2. The van der Waals surface area contributed by atoms with Crippen LogP contribution in [0.3, 0.4) is 0 Å². The summed E-state index contributed by atoms with van der Waals surface area (Å²) >= 11 is 6.14. The molecule has 0 unspecified atom stereocenters. The van der Waals surface area contributed by atoms with Gasteiger partial charge in [0.05, 0.1) is 40.7 Å². The number of ether oxygens (including phenoxy) is 1. The molecule has 0 aliphatic rings. The Hall–Kier alpha value is -3.78. The Morgan fingerprint density at radius 2 is 1.88 bits per heavy atom. The Bertz CT molecular complexity index is 1560. The number of hydrogen-bond donors (Lipinski definition) is 2. The van der Waals surface area contributed by atoms with Gasteiger partial charge in [0, 0.05) is 23.3 Å². The third-order valence-corrected chi connectivity index (χ3v) is 5.51. The van der Waals surface area contributed by atoms with Crippen molar-refractivity contribution < 1.29 is 4.74 Å². The quantitative estimate of drug-likeness (QED) is 0.394. The van der Waals surface area contributed by atoms with Crippen LogP contribution in [0, 0.1) is 6.92 Å². The lowest BCUT2D eigenvalue weighted by Gasteiger charge is -2.10. The molecule has 5 heterocycles. The molecule has 0 bridgehead atoms. The van der Waals surface area contributed by atoms with Gasteiger partial charge in [-0.25, -0.2) is 15.0 Å². The Balaban J connectivity index is 1.76. The molecule has 160 valence electrons. The van der Waals surface area contributed by atoms with Crippen LogP contribution in [0.1, 0.15) is 18.3 Å². The molecule has 0 radical (unpaired) electrons. The second kappa shape index (κ2) is 7.72. The summed E-state index contributed by atoms with van der Waals surface area (Å²) in [7, 11) is 1.57. The van der Waals surface area contributed by atoms with Gasteiger partial charge in [-0.2, -0.15) is 0 Å². The van der Waals surface area contributed by atoms with Gasteiger partial charge in [-0.3, -0.25) is 9.78 Å². The molecule has 5 aromatic heterocycles. The van der Waals surface area contributed by atoms with Crippen molar-refractivity contribution in [2.24, 2.45) is 0 Å². The Morgan fingerprint density at radius 1 is 1.03 bits per heavy atom. The molecule has 0 saturated carbocycles. The summed E-state index contributed by atoms with van der Waals surface area (Å²) in [6.07, 6.45) is 2.32. The van der Waals surface area contributed by atoms with Crippen LogP contribution >= 0.6 is 11.6 Å². The summed E-state index contributed by atoms with van der Waals surface area (Å²) in [6.45, 7) is 3.88. The highest BCUT2D eigenvalue weighted by Crippen LogP contribution is 2.33. The molecule has 5 rings (SSSR count). The highest BCUT2D eigenvalue weighted by Gasteiger charge is 2.17. The van der Waals surface area contributed by atoms with E-state index in [4.69, 9.17) is 16.3 Å². The number of nitrogens with zero attached hydrogens (tertiary/aromatic N) is 4.